The van der Waals surface area contributed by atoms with Gasteiger partial charge in [0.2, 0.25) is 0 Å². The number of fused-ring (bicyclic) bond motifs is 1. The smallest absolute Gasteiger partial charge is 0.329 e. The molecule has 0 saturated carbocycles. The van der Waals surface area contributed by atoms with Gasteiger partial charge in [-0.1, -0.05) is 18.2 Å². The summed E-state index contributed by atoms with van der Waals surface area (Å²) in [6, 6.07) is 13.6. The van der Waals surface area contributed by atoms with Crippen molar-refractivity contribution in [3.8, 4) is 11.3 Å². The lowest BCUT2D eigenvalue weighted by molar-refractivity contribution is -0.122. The molecule has 0 unspecified atom stereocenters. The fourth-order valence-electron chi connectivity index (χ4n) is 3.39. The second kappa shape index (κ2) is 11.0. The molecule has 0 atom stereocenters. The van der Waals surface area contributed by atoms with Crippen LogP contribution in [0.3, 0.4) is 0 Å². The highest BCUT2D eigenvalue weighted by Crippen LogP contribution is 2.24. The molecule has 0 aliphatic heterocycles. The van der Waals surface area contributed by atoms with E-state index in [-0.39, 0.29) is 0 Å². The molecule has 0 fully saturated rings. The lowest BCUT2D eigenvalue weighted by Crippen LogP contribution is -2.36. The first-order valence-electron chi connectivity index (χ1n) is 10.8. The number of nitrogens with one attached hydrogen (secondary N) is 3. The molecule has 0 radical (unpaired) electrons. The van der Waals surface area contributed by atoms with Crippen LogP contribution in [-0.4, -0.2) is 39.7 Å². The number of hydroxylamine groups is 1. The van der Waals surface area contributed by atoms with Crippen LogP contribution in [-0.2, 0) is 17.9 Å². The number of rotatable bonds is 9. The average molecular weight is 484 g/mol. The number of alkyl halides is 3. The predicted molar refractivity (Wildman–Crippen MR) is 124 cm³/mol. The molecule has 1 aromatic carbocycles. The summed E-state index contributed by atoms with van der Waals surface area (Å²) >= 11 is 0. The zero-order valence-corrected chi connectivity index (χ0v) is 18.5. The Morgan fingerprint density at radius 3 is 2.74 bits per heavy atom. The third-order valence-corrected chi connectivity index (χ3v) is 5.02. The first kappa shape index (κ1) is 24.2. The summed E-state index contributed by atoms with van der Waals surface area (Å²) in [5.41, 5.74) is 7.64. The molecule has 0 aliphatic rings. The van der Waals surface area contributed by atoms with Crippen molar-refractivity contribution in [1.29, 1.82) is 0 Å². The van der Waals surface area contributed by atoms with Gasteiger partial charge >= 0.3 is 12.2 Å². The SMILES string of the molecule is O=C(NCC(F)(F)F)Nc1cccc(-c2cnc3cc(CCNOCc4cccnc4)ccn23)c1. The van der Waals surface area contributed by atoms with Gasteiger partial charge in [0.25, 0.3) is 0 Å². The number of pyridine rings is 2. The number of anilines is 1. The number of hydrogen-bond acceptors (Lipinski definition) is 5. The molecule has 8 nitrogen and oxygen atoms in total. The highest BCUT2D eigenvalue weighted by atomic mass is 19.4. The lowest BCUT2D eigenvalue weighted by Gasteiger charge is -2.11. The summed E-state index contributed by atoms with van der Waals surface area (Å²) in [6.07, 6.45) is 3.33. The highest BCUT2D eigenvalue weighted by molar-refractivity contribution is 5.90. The molecule has 182 valence electrons. The zero-order chi connectivity index (χ0) is 24.7. The average Bonchev–Trinajstić information content (AvgIpc) is 3.26. The van der Waals surface area contributed by atoms with Crippen LogP contribution in [0, 0.1) is 0 Å². The molecule has 2 amide bonds. The summed E-state index contributed by atoms with van der Waals surface area (Å²) < 4.78 is 38.8. The molecule has 4 rings (SSSR count). The van der Waals surface area contributed by atoms with Gasteiger partial charge in [-0.15, -0.1) is 0 Å². The van der Waals surface area contributed by atoms with Gasteiger partial charge in [0.05, 0.1) is 18.5 Å². The van der Waals surface area contributed by atoms with Crippen molar-refractivity contribution >= 4 is 17.4 Å². The van der Waals surface area contributed by atoms with E-state index in [1.54, 1.807) is 42.1 Å². The van der Waals surface area contributed by atoms with E-state index in [9.17, 15) is 18.0 Å². The number of nitrogens with zero attached hydrogens (tertiary/aromatic N) is 3. The number of urea groups is 1. The van der Waals surface area contributed by atoms with Gasteiger partial charge in [0.1, 0.15) is 12.2 Å². The second-order valence-electron chi connectivity index (χ2n) is 7.70. The standard InChI is InChI=1S/C24H23F3N6O2/c25-24(26,27)16-30-23(34)32-20-5-1-4-19(12-20)21-14-29-22-11-17(7-10-33(21)22)6-9-31-35-15-18-3-2-8-28-13-18/h1-5,7-8,10-14,31H,6,9,15-16H2,(H2,30,32,34). The van der Waals surface area contributed by atoms with Crippen LogP contribution in [0.25, 0.3) is 16.9 Å². The van der Waals surface area contributed by atoms with E-state index in [4.69, 9.17) is 4.84 Å². The monoisotopic (exact) mass is 484 g/mol. The van der Waals surface area contributed by atoms with Crippen molar-refractivity contribution in [3.63, 3.8) is 0 Å². The van der Waals surface area contributed by atoms with E-state index in [0.29, 0.717) is 18.8 Å². The molecular formula is C24H23F3N6O2. The summed E-state index contributed by atoms with van der Waals surface area (Å²) in [7, 11) is 0. The van der Waals surface area contributed by atoms with Crippen molar-refractivity contribution < 1.29 is 22.8 Å². The van der Waals surface area contributed by atoms with E-state index in [1.165, 1.54) is 0 Å². The van der Waals surface area contributed by atoms with E-state index in [2.05, 4.69) is 20.8 Å². The molecule has 4 aromatic rings. The minimum atomic E-state index is -4.47. The van der Waals surface area contributed by atoms with Crippen LogP contribution in [0.5, 0.6) is 0 Å². The molecule has 11 heteroatoms. The van der Waals surface area contributed by atoms with Gasteiger partial charge in [0.15, 0.2) is 0 Å². The van der Waals surface area contributed by atoms with Gasteiger partial charge in [-0.3, -0.25) is 14.2 Å². The molecule has 3 aromatic heterocycles. The molecular weight excluding hydrogens is 461 g/mol. The number of carbonyl (C=O) groups excluding carboxylic acids is 1. The predicted octanol–water partition coefficient (Wildman–Crippen LogP) is 4.34. The summed E-state index contributed by atoms with van der Waals surface area (Å²) in [6.45, 7) is -0.358. The molecule has 35 heavy (non-hydrogen) atoms. The Balaban J connectivity index is 1.35. The van der Waals surface area contributed by atoms with E-state index < -0.39 is 18.8 Å². The Bertz CT molecular complexity index is 1280. The minimum absolute atomic E-state index is 0.367. The van der Waals surface area contributed by atoms with Gasteiger partial charge in [0, 0.05) is 36.4 Å². The van der Waals surface area contributed by atoms with Crippen molar-refractivity contribution in [2.24, 2.45) is 0 Å². The first-order chi connectivity index (χ1) is 16.9. The maximum atomic E-state index is 12.3. The van der Waals surface area contributed by atoms with Crippen LogP contribution >= 0.6 is 0 Å². The van der Waals surface area contributed by atoms with Crippen molar-refractivity contribution in [2.45, 2.75) is 19.2 Å². The summed E-state index contributed by atoms with van der Waals surface area (Å²) in [4.78, 5) is 25.7. The quantitative estimate of drug-likeness (QED) is 0.243. The normalized spacial score (nSPS) is 11.5. The number of amides is 2. The van der Waals surface area contributed by atoms with Crippen molar-refractivity contribution in [2.75, 3.05) is 18.4 Å². The third-order valence-electron chi connectivity index (χ3n) is 5.02. The summed E-state index contributed by atoms with van der Waals surface area (Å²) in [5.74, 6) is 0. The van der Waals surface area contributed by atoms with Gasteiger partial charge in [-0.2, -0.15) is 13.2 Å². The van der Waals surface area contributed by atoms with Crippen LogP contribution in [0.2, 0.25) is 0 Å². The number of carbonyl (C=O) groups is 1. The second-order valence-corrected chi connectivity index (χ2v) is 7.70. The molecule has 3 N–H and O–H groups in total. The first-order valence-corrected chi connectivity index (χ1v) is 10.8. The van der Waals surface area contributed by atoms with E-state index in [0.717, 1.165) is 34.5 Å². The van der Waals surface area contributed by atoms with Crippen LogP contribution < -0.4 is 16.1 Å². The minimum Gasteiger partial charge on any atom is -0.329 e. The Morgan fingerprint density at radius 1 is 1.06 bits per heavy atom. The Labute approximate surface area is 199 Å². The van der Waals surface area contributed by atoms with Gasteiger partial charge in [-0.05, 0) is 47.9 Å². The van der Waals surface area contributed by atoms with Crippen molar-refractivity contribution in [1.82, 2.24) is 25.2 Å². The van der Waals surface area contributed by atoms with Gasteiger partial charge < -0.3 is 10.6 Å². The highest BCUT2D eigenvalue weighted by Gasteiger charge is 2.27. The molecule has 0 spiro atoms. The fourth-order valence-corrected chi connectivity index (χ4v) is 3.39. The lowest BCUT2D eigenvalue weighted by atomic mass is 10.1. The van der Waals surface area contributed by atoms with Crippen LogP contribution in [0.4, 0.5) is 23.7 Å². The van der Waals surface area contributed by atoms with Crippen LogP contribution in [0.1, 0.15) is 11.1 Å². The summed E-state index contributed by atoms with van der Waals surface area (Å²) in [5, 5.41) is 4.20. The van der Waals surface area contributed by atoms with Gasteiger partial charge in [-0.25, -0.2) is 15.3 Å². The zero-order valence-electron chi connectivity index (χ0n) is 18.5. The molecule has 0 aliphatic carbocycles. The molecule has 0 saturated heterocycles. The largest absolute Gasteiger partial charge is 0.405 e. The Hall–Kier alpha value is -3.96. The Morgan fingerprint density at radius 2 is 1.94 bits per heavy atom. The van der Waals surface area contributed by atoms with Crippen molar-refractivity contribution in [3.05, 3.63) is 84.4 Å². The fraction of sp³-hybridized carbons (Fsp3) is 0.208. The third kappa shape index (κ3) is 7.01. The number of imidazole rings is 1. The number of aromatic nitrogens is 3. The number of halogens is 3. The van der Waals surface area contributed by atoms with E-state index >= 15 is 0 Å². The molecule has 3 heterocycles. The van der Waals surface area contributed by atoms with E-state index in [1.807, 2.05) is 40.9 Å². The number of hydrogen-bond donors (Lipinski definition) is 3. The maximum absolute atomic E-state index is 12.3. The Kier molecular flexibility index (Phi) is 7.58. The topological polar surface area (TPSA) is 92.6 Å². The number of benzene rings is 1. The van der Waals surface area contributed by atoms with Crippen LogP contribution in [0.15, 0.2) is 73.3 Å². The maximum Gasteiger partial charge on any atom is 0.405 e. The molecule has 0 bridgehead atoms.